The summed E-state index contributed by atoms with van der Waals surface area (Å²) in [6.07, 6.45) is 2.88. The van der Waals surface area contributed by atoms with Gasteiger partial charge in [-0.3, -0.25) is 14.6 Å². The predicted octanol–water partition coefficient (Wildman–Crippen LogP) is 12.0. The minimum Gasteiger partial charge on any atom is -0.477 e. The van der Waals surface area contributed by atoms with Gasteiger partial charge < -0.3 is 18.5 Å². The Balaban J connectivity index is 0.00000156. The van der Waals surface area contributed by atoms with E-state index < -0.39 is 0 Å². The van der Waals surface area contributed by atoms with Gasteiger partial charge in [-0.05, 0) is 60.4 Å². The van der Waals surface area contributed by atoms with Crippen molar-refractivity contribution < 1.29 is 18.5 Å². The summed E-state index contributed by atoms with van der Waals surface area (Å²) in [6.45, 7) is 19.7. The molecule has 0 bridgehead atoms. The van der Waals surface area contributed by atoms with Crippen LogP contribution in [-0.2, 0) is 36.8 Å². The van der Waals surface area contributed by atoms with E-state index in [2.05, 4.69) is 5.10 Å². The first kappa shape index (κ1) is 51.6. The van der Waals surface area contributed by atoms with E-state index in [9.17, 15) is 9.59 Å². The maximum atomic E-state index is 13.0. The molecule has 0 radical (unpaired) electrons. The number of hydrogen-bond donors (Lipinski definition) is 0. The van der Waals surface area contributed by atoms with Gasteiger partial charge in [-0.2, -0.15) is 9.48 Å². The van der Waals surface area contributed by atoms with Crippen molar-refractivity contribution in [2.45, 2.75) is 82.5 Å². The summed E-state index contributed by atoms with van der Waals surface area (Å²) in [5.41, 5.74) is 4.83. The van der Waals surface area contributed by atoms with Gasteiger partial charge in [-0.15, -0.1) is 10.2 Å². The molecule has 0 atom stereocenters. The maximum absolute atomic E-state index is 13.0. The van der Waals surface area contributed by atoms with Crippen LogP contribution in [0.4, 0.5) is 11.4 Å². The number of halogens is 1. The van der Waals surface area contributed by atoms with Crippen molar-refractivity contribution in [2.24, 2.45) is 24.3 Å². The van der Waals surface area contributed by atoms with Crippen molar-refractivity contribution >= 4 is 35.3 Å². The molecule has 0 spiro atoms. The lowest BCUT2D eigenvalue weighted by molar-refractivity contribution is 0.283. The maximum Gasteiger partial charge on any atom is 0.290 e. The molecule has 0 saturated carbocycles. The molecule has 2 heterocycles. The highest BCUT2D eigenvalue weighted by Gasteiger charge is 2.20. The van der Waals surface area contributed by atoms with Gasteiger partial charge in [0.25, 0.3) is 17.0 Å². The Kier molecular flexibility index (Phi) is 22.8. The van der Waals surface area contributed by atoms with Crippen LogP contribution in [0.25, 0.3) is 22.3 Å². The first-order valence-electron chi connectivity index (χ1n) is 21.0. The van der Waals surface area contributed by atoms with E-state index in [1.165, 1.54) is 20.9 Å². The van der Waals surface area contributed by atoms with Crippen LogP contribution in [0.15, 0.2) is 149 Å². The van der Waals surface area contributed by atoms with Crippen LogP contribution in [0.2, 0.25) is 0 Å². The van der Waals surface area contributed by atoms with E-state index in [-0.39, 0.29) is 35.3 Å². The summed E-state index contributed by atoms with van der Waals surface area (Å²) in [7, 11) is 4.94. The molecule has 332 valence electrons. The Labute approximate surface area is 371 Å². The van der Waals surface area contributed by atoms with Crippen molar-refractivity contribution in [1.29, 1.82) is 0 Å². The van der Waals surface area contributed by atoms with E-state index >= 15 is 0 Å². The SMILES string of the molecule is CC.CC.CC.CC.Cc1on(C)c(=O)c1-c1ccccc1CO/C=N\N(/C=C(Cl)\C(=N\N(C)c1ccccc1)OCc1ccccc1-c1c(C)on(C)c1=O)c1ccccc1. The average Bonchev–Trinajstić information content (AvgIpc) is 3.73. The third-order valence-electron chi connectivity index (χ3n) is 8.51. The zero-order valence-electron chi connectivity index (χ0n) is 38.5. The second-order valence-electron chi connectivity index (χ2n) is 12.2. The molecular weight excluding hydrogens is 804 g/mol. The lowest BCUT2D eigenvalue weighted by Crippen LogP contribution is -2.18. The number of nitrogens with zero attached hydrogens (tertiary/aromatic N) is 6. The Hall–Kier alpha value is -6.53. The highest BCUT2D eigenvalue weighted by atomic mass is 35.5. The van der Waals surface area contributed by atoms with Gasteiger partial charge in [-0.25, -0.2) is 5.01 Å². The van der Waals surface area contributed by atoms with Gasteiger partial charge in [0.2, 0.25) is 0 Å². The summed E-state index contributed by atoms with van der Waals surface area (Å²) in [5.74, 6) is 1.10. The number of hydrogen-bond acceptors (Lipinski definition) is 10. The molecule has 4 aromatic carbocycles. The van der Waals surface area contributed by atoms with E-state index in [1.807, 2.05) is 165 Å². The van der Waals surface area contributed by atoms with Gasteiger partial charge in [0.15, 0.2) is 6.40 Å². The zero-order chi connectivity index (χ0) is 46.2. The number of rotatable bonds is 13. The minimum absolute atomic E-state index is 0.0336. The molecule has 0 fully saturated rings. The number of aromatic nitrogens is 2. The molecular formula is C49H63ClN6O6. The van der Waals surface area contributed by atoms with Crippen LogP contribution in [-0.4, -0.2) is 28.8 Å². The van der Waals surface area contributed by atoms with Crippen LogP contribution in [0.1, 0.15) is 78.0 Å². The van der Waals surface area contributed by atoms with E-state index in [4.69, 9.17) is 35.2 Å². The molecule has 0 unspecified atom stereocenters. The van der Waals surface area contributed by atoms with Crippen molar-refractivity contribution in [2.75, 3.05) is 17.1 Å². The lowest BCUT2D eigenvalue weighted by atomic mass is 10.0. The second kappa shape index (κ2) is 27.3. The second-order valence-corrected chi connectivity index (χ2v) is 12.6. The van der Waals surface area contributed by atoms with Crippen molar-refractivity contribution in [3.63, 3.8) is 0 Å². The highest BCUT2D eigenvalue weighted by molar-refractivity contribution is 6.42. The summed E-state index contributed by atoms with van der Waals surface area (Å²) in [6, 6.07) is 33.8. The molecule has 13 heteroatoms. The van der Waals surface area contributed by atoms with E-state index in [1.54, 1.807) is 46.2 Å². The summed E-state index contributed by atoms with van der Waals surface area (Å²) in [5, 5.41) is 12.6. The normalized spacial score (nSPS) is 10.8. The van der Waals surface area contributed by atoms with E-state index in [0.717, 1.165) is 16.8 Å². The van der Waals surface area contributed by atoms with Crippen LogP contribution in [0.3, 0.4) is 0 Å². The first-order valence-corrected chi connectivity index (χ1v) is 21.4. The van der Waals surface area contributed by atoms with Crippen LogP contribution >= 0.6 is 11.6 Å². The Morgan fingerprint density at radius 3 is 1.52 bits per heavy atom. The molecule has 62 heavy (non-hydrogen) atoms. The fourth-order valence-electron chi connectivity index (χ4n) is 5.85. The molecule has 0 aliphatic heterocycles. The van der Waals surface area contributed by atoms with Gasteiger partial charge in [0.1, 0.15) is 29.8 Å². The molecule has 6 rings (SSSR count). The fourth-order valence-corrected chi connectivity index (χ4v) is 6.03. The molecule has 0 aliphatic rings. The Bertz CT molecular complexity index is 2430. The standard InChI is InChI=1S/C41H39ClN6O6.4C2H6/c1-28-37(40(49)46(4)53-28)34-22-14-12-16-30(34)25-51-27-43-48(33-20-10-7-11-21-33)24-36(42)39(44-45(3)32-18-8-6-9-19-32)52-26-31-17-13-15-23-35(31)38-29(2)54-47(5)41(38)50;4*1-2/h6-24,27H,25-26H2,1-5H3;4*1-2H3/b36-24+,43-27-,44-39-;;;;. The molecule has 2 aromatic heterocycles. The van der Waals surface area contributed by atoms with Gasteiger partial charge in [0, 0.05) is 21.1 Å². The number of aryl methyl sites for hydroxylation is 4. The zero-order valence-corrected chi connectivity index (χ0v) is 39.2. The van der Waals surface area contributed by atoms with Crippen LogP contribution in [0.5, 0.6) is 0 Å². The first-order chi connectivity index (χ1) is 30.1. The number of benzene rings is 4. The van der Waals surface area contributed by atoms with Crippen molar-refractivity contribution in [3.05, 3.63) is 164 Å². The van der Waals surface area contributed by atoms with Crippen molar-refractivity contribution in [3.8, 4) is 22.3 Å². The Morgan fingerprint density at radius 1 is 0.645 bits per heavy atom. The smallest absolute Gasteiger partial charge is 0.290 e. The Morgan fingerprint density at radius 2 is 1.06 bits per heavy atom. The summed E-state index contributed by atoms with van der Waals surface area (Å²) in [4.78, 5) is 25.8. The number of anilines is 2. The highest BCUT2D eigenvalue weighted by Crippen LogP contribution is 2.27. The summed E-state index contributed by atoms with van der Waals surface area (Å²) < 4.78 is 25.8. The van der Waals surface area contributed by atoms with E-state index in [0.29, 0.717) is 39.5 Å². The minimum atomic E-state index is -0.251. The molecule has 6 aromatic rings. The average molecular weight is 868 g/mol. The fraction of sp³-hybridized carbons (Fsp3) is 0.306. The van der Waals surface area contributed by atoms with Gasteiger partial charge in [0.05, 0.1) is 28.7 Å². The molecule has 0 N–H and O–H groups in total. The lowest BCUT2D eigenvalue weighted by Gasteiger charge is -2.19. The summed E-state index contributed by atoms with van der Waals surface area (Å²) >= 11 is 7.04. The van der Waals surface area contributed by atoms with Crippen LogP contribution < -0.4 is 21.1 Å². The van der Waals surface area contributed by atoms with Gasteiger partial charge >= 0.3 is 0 Å². The molecule has 0 amide bonds. The third-order valence-corrected chi connectivity index (χ3v) is 8.76. The third kappa shape index (κ3) is 13.8. The van der Waals surface area contributed by atoms with Crippen molar-refractivity contribution in [1.82, 2.24) is 9.48 Å². The molecule has 12 nitrogen and oxygen atoms in total. The largest absolute Gasteiger partial charge is 0.477 e. The topological polar surface area (TPSA) is 120 Å². The number of ether oxygens (including phenoxy) is 2. The predicted molar refractivity (Wildman–Crippen MR) is 257 cm³/mol. The molecule has 0 saturated heterocycles. The quantitative estimate of drug-likeness (QED) is 0.0639. The number of hydrazone groups is 2. The molecule has 0 aliphatic carbocycles. The monoisotopic (exact) mass is 866 g/mol. The van der Waals surface area contributed by atoms with Gasteiger partial charge in [-0.1, -0.05) is 152 Å². The van der Waals surface area contributed by atoms with Crippen LogP contribution in [0, 0.1) is 13.8 Å². The number of para-hydroxylation sites is 2.